The van der Waals surface area contributed by atoms with E-state index in [1.165, 1.54) is 51.6 Å². The molecule has 0 aromatic carbocycles. The Morgan fingerprint density at radius 2 is 1.83 bits per heavy atom. The number of likely N-dealkylation sites (tertiary alicyclic amines) is 1. The molecule has 106 valence electrons. The molecule has 0 aromatic rings. The van der Waals surface area contributed by atoms with Crippen LogP contribution in [0.3, 0.4) is 0 Å². The highest BCUT2D eigenvalue weighted by atomic mass is 15.2. The van der Waals surface area contributed by atoms with Gasteiger partial charge < -0.3 is 5.73 Å². The lowest BCUT2D eigenvalue weighted by Gasteiger charge is -2.52. The minimum Gasteiger partial charge on any atom is -0.329 e. The van der Waals surface area contributed by atoms with Crippen LogP contribution in [0.4, 0.5) is 0 Å². The predicted molar refractivity (Wildman–Crippen MR) is 78.6 cm³/mol. The van der Waals surface area contributed by atoms with E-state index in [4.69, 9.17) is 5.73 Å². The van der Waals surface area contributed by atoms with E-state index in [2.05, 4.69) is 25.7 Å². The van der Waals surface area contributed by atoms with Gasteiger partial charge in [0, 0.05) is 12.1 Å². The zero-order valence-corrected chi connectivity index (χ0v) is 12.6. The fraction of sp³-hybridized carbons (Fsp3) is 1.00. The van der Waals surface area contributed by atoms with Gasteiger partial charge in [0.2, 0.25) is 0 Å². The molecule has 1 aliphatic carbocycles. The molecular weight excluding hydrogens is 220 g/mol. The van der Waals surface area contributed by atoms with Crippen molar-refractivity contribution in [1.29, 1.82) is 0 Å². The highest BCUT2D eigenvalue weighted by molar-refractivity contribution is 4.99. The highest BCUT2D eigenvalue weighted by Gasteiger charge is 2.43. The van der Waals surface area contributed by atoms with E-state index in [0.717, 1.165) is 24.3 Å². The quantitative estimate of drug-likeness (QED) is 0.835. The second kappa shape index (κ2) is 5.92. The van der Waals surface area contributed by atoms with Crippen molar-refractivity contribution in [2.24, 2.45) is 23.5 Å². The Morgan fingerprint density at radius 3 is 2.33 bits per heavy atom. The molecule has 2 fully saturated rings. The summed E-state index contributed by atoms with van der Waals surface area (Å²) in [4.78, 5) is 2.76. The van der Waals surface area contributed by atoms with Gasteiger partial charge in [-0.05, 0) is 56.5 Å². The first-order valence-electron chi connectivity index (χ1n) is 8.05. The van der Waals surface area contributed by atoms with Gasteiger partial charge >= 0.3 is 0 Å². The Labute approximate surface area is 113 Å². The van der Waals surface area contributed by atoms with Gasteiger partial charge in [-0.1, -0.05) is 33.6 Å². The molecule has 2 unspecified atom stereocenters. The van der Waals surface area contributed by atoms with Gasteiger partial charge in [0.15, 0.2) is 0 Å². The maximum atomic E-state index is 6.21. The number of piperidine rings is 1. The van der Waals surface area contributed by atoms with E-state index in [-0.39, 0.29) is 0 Å². The van der Waals surface area contributed by atoms with Crippen molar-refractivity contribution in [3.05, 3.63) is 0 Å². The van der Waals surface area contributed by atoms with Crippen molar-refractivity contribution >= 4 is 0 Å². The summed E-state index contributed by atoms with van der Waals surface area (Å²) in [5.74, 6) is 2.58. The Kier molecular flexibility index (Phi) is 4.71. The third-order valence-electron chi connectivity index (χ3n) is 5.88. The number of nitrogens with zero attached hydrogens (tertiary/aromatic N) is 1. The zero-order chi connectivity index (χ0) is 13.2. The van der Waals surface area contributed by atoms with Gasteiger partial charge in [0.25, 0.3) is 0 Å². The molecule has 1 saturated carbocycles. The van der Waals surface area contributed by atoms with E-state index in [1.54, 1.807) is 0 Å². The molecule has 1 aliphatic heterocycles. The zero-order valence-electron chi connectivity index (χ0n) is 12.6. The summed E-state index contributed by atoms with van der Waals surface area (Å²) >= 11 is 0. The number of rotatable bonds is 3. The first-order valence-corrected chi connectivity index (χ1v) is 8.05. The lowest BCUT2D eigenvalue weighted by Crippen LogP contribution is -2.61. The minimum atomic E-state index is 0.334. The van der Waals surface area contributed by atoms with Crippen molar-refractivity contribution in [2.75, 3.05) is 19.6 Å². The van der Waals surface area contributed by atoms with Crippen LogP contribution in [0.1, 0.15) is 59.3 Å². The lowest BCUT2D eigenvalue weighted by molar-refractivity contribution is -0.0143. The van der Waals surface area contributed by atoms with E-state index in [0.29, 0.717) is 5.54 Å². The van der Waals surface area contributed by atoms with Crippen molar-refractivity contribution < 1.29 is 0 Å². The molecule has 2 N–H and O–H groups in total. The molecule has 0 spiro atoms. The summed E-state index contributed by atoms with van der Waals surface area (Å²) in [6.45, 7) is 10.6. The molecule has 0 bridgehead atoms. The van der Waals surface area contributed by atoms with Crippen molar-refractivity contribution in [1.82, 2.24) is 4.90 Å². The highest BCUT2D eigenvalue weighted by Crippen LogP contribution is 2.40. The van der Waals surface area contributed by atoms with Crippen LogP contribution in [0.2, 0.25) is 0 Å². The third-order valence-corrected chi connectivity index (χ3v) is 5.88. The summed E-state index contributed by atoms with van der Waals surface area (Å²) in [5.41, 5.74) is 6.55. The lowest BCUT2D eigenvalue weighted by atomic mass is 9.71. The van der Waals surface area contributed by atoms with Gasteiger partial charge in [-0.3, -0.25) is 4.90 Å². The van der Waals surface area contributed by atoms with E-state index in [9.17, 15) is 0 Å². The maximum Gasteiger partial charge on any atom is 0.0357 e. The van der Waals surface area contributed by atoms with Crippen LogP contribution < -0.4 is 5.73 Å². The smallest absolute Gasteiger partial charge is 0.0357 e. The summed E-state index contributed by atoms with van der Waals surface area (Å²) < 4.78 is 0. The minimum absolute atomic E-state index is 0.334. The average molecular weight is 252 g/mol. The Morgan fingerprint density at radius 1 is 1.17 bits per heavy atom. The van der Waals surface area contributed by atoms with Crippen molar-refractivity contribution in [3.8, 4) is 0 Å². The molecule has 0 radical (unpaired) electrons. The Bertz CT molecular complexity index is 256. The normalized spacial score (nSPS) is 36.2. The van der Waals surface area contributed by atoms with Gasteiger partial charge in [0.1, 0.15) is 0 Å². The maximum absolute atomic E-state index is 6.21. The van der Waals surface area contributed by atoms with Crippen LogP contribution >= 0.6 is 0 Å². The molecular formula is C16H32N2. The van der Waals surface area contributed by atoms with Crippen molar-refractivity contribution in [3.63, 3.8) is 0 Å². The molecule has 2 nitrogen and oxygen atoms in total. The molecule has 2 aliphatic rings. The molecule has 0 amide bonds. The molecule has 2 heteroatoms. The number of hydrogen-bond donors (Lipinski definition) is 1. The molecule has 2 atom stereocenters. The van der Waals surface area contributed by atoms with Crippen LogP contribution in [-0.2, 0) is 0 Å². The Balaban J connectivity index is 2.01. The van der Waals surface area contributed by atoms with Crippen LogP contribution in [0.5, 0.6) is 0 Å². The van der Waals surface area contributed by atoms with Crippen LogP contribution in [-0.4, -0.2) is 30.1 Å². The molecule has 2 rings (SSSR count). The molecule has 0 aromatic heterocycles. The molecule has 18 heavy (non-hydrogen) atoms. The second-order valence-corrected chi connectivity index (χ2v) is 7.02. The Hall–Kier alpha value is -0.0800. The van der Waals surface area contributed by atoms with E-state index < -0.39 is 0 Å². The first-order chi connectivity index (χ1) is 8.60. The van der Waals surface area contributed by atoms with Crippen LogP contribution in [0, 0.1) is 17.8 Å². The molecule has 1 heterocycles. The number of nitrogens with two attached hydrogens (primary N) is 1. The monoisotopic (exact) mass is 252 g/mol. The van der Waals surface area contributed by atoms with Gasteiger partial charge in [-0.2, -0.15) is 0 Å². The average Bonchev–Trinajstić information content (AvgIpc) is 2.40. The SMILES string of the molecule is CC(C)C1CCN(C2(CN)CCCCC2C)CC1. The van der Waals surface area contributed by atoms with Gasteiger partial charge in [-0.15, -0.1) is 0 Å². The van der Waals surface area contributed by atoms with Crippen LogP contribution in [0.25, 0.3) is 0 Å². The summed E-state index contributed by atoms with van der Waals surface area (Å²) in [6, 6.07) is 0. The van der Waals surface area contributed by atoms with E-state index in [1.807, 2.05) is 0 Å². The summed E-state index contributed by atoms with van der Waals surface area (Å²) in [5, 5.41) is 0. The first kappa shape index (κ1) is 14.3. The largest absolute Gasteiger partial charge is 0.329 e. The molecule has 1 saturated heterocycles. The predicted octanol–water partition coefficient (Wildman–Crippen LogP) is 3.26. The fourth-order valence-corrected chi connectivity index (χ4v) is 4.31. The summed E-state index contributed by atoms with van der Waals surface area (Å²) in [7, 11) is 0. The van der Waals surface area contributed by atoms with Gasteiger partial charge in [0.05, 0.1) is 0 Å². The van der Waals surface area contributed by atoms with Crippen LogP contribution in [0.15, 0.2) is 0 Å². The summed E-state index contributed by atoms with van der Waals surface area (Å²) in [6.07, 6.45) is 8.26. The second-order valence-electron chi connectivity index (χ2n) is 7.02. The number of hydrogen-bond acceptors (Lipinski definition) is 2. The van der Waals surface area contributed by atoms with E-state index >= 15 is 0 Å². The van der Waals surface area contributed by atoms with Crippen molar-refractivity contribution in [2.45, 2.75) is 64.8 Å². The topological polar surface area (TPSA) is 29.3 Å². The van der Waals surface area contributed by atoms with Gasteiger partial charge in [-0.25, -0.2) is 0 Å². The third kappa shape index (κ3) is 2.60. The fourth-order valence-electron chi connectivity index (χ4n) is 4.31. The standard InChI is InChI=1S/C16H32N2/c1-13(2)15-7-10-18(11-8-15)16(12-17)9-5-4-6-14(16)3/h13-15H,4-12,17H2,1-3H3.